The molecule has 1 aromatic rings. The van der Waals surface area contributed by atoms with E-state index in [1.807, 2.05) is 20.9 Å². The number of nitrogens with one attached hydrogen (secondary N) is 1. The maximum absolute atomic E-state index is 9.05. The normalized spacial score (nSPS) is 12.0. The predicted molar refractivity (Wildman–Crippen MR) is 58.4 cm³/mol. The molecule has 15 heavy (non-hydrogen) atoms. The molecule has 1 heterocycles. The summed E-state index contributed by atoms with van der Waals surface area (Å²) in [6.45, 7) is 5.89. The van der Waals surface area contributed by atoms with E-state index in [0.717, 1.165) is 25.3 Å². The molecule has 0 saturated carbocycles. The van der Waals surface area contributed by atoms with E-state index >= 15 is 0 Å². The number of aryl methyl sites for hydroxylation is 1. The minimum Gasteiger partial charge on any atom is -0.396 e. The fourth-order valence-electron chi connectivity index (χ4n) is 1.18. The Morgan fingerprint density at radius 3 is 2.80 bits per heavy atom. The molecule has 86 valence electrons. The Kier molecular flexibility index (Phi) is 4.23. The lowest BCUT2D eigenvalue weighted by Gasteiger charge is -2.21. The Bertz CT molecular complexity index is 295. The van der Waals surface area contributed by atoms with Gasteiger partial charge < -0.3 is 10.4 Å². The van der Waals surface area contributed by atoms with Crippen molar-refractivity contribution in [2.75, 3.05) is 19.7 Å². The molecule has 0 amide bonds. The van der Waals surface area contributed by atoms with E-state index < -0.39 is 0 Å². The molecule has 0 unspecified atom stereocenters. The summed E-state index contributed by atoms with van der Waals surface area (Å²) in [5.41, 5.74) is -0.0580. The van der Waals surface area contributed by atoms with E-state index in [1.165, 1.54) is 0 Å². The lowest BCUT2D eigenvalue weighted by Crippen LogP contribution is -2.33. The smallest absolute Gasteiger partial charge is 0.151 e. The van der Waals surface area contributed by atoms with Crippen molar-refractivity contribution in [3.63, 3.8) is 0 Å². The third-order valence-electron chi connectivity index (χ3n) is 2.20. The molecule has 0 bridgehead atoms. The van der Waals surface area contributed by atoms with Crippen molar-refractivity contribution in [3.8, 4) is 0 Å². The molecular weight excluding hydrogens is 192 g/mol. The quantitative estimate of drug-likeness (QED) is 0.650. The summed E-state index contributed by atoms with van der Waals surface area (Å²) in [5.74, 6) is 0.854. The molecule has 0 aliphatic rings. The van der Waals surface area contributed by atoms with Gasteiger partial charge in [0.2, 0.25) is 0 Å². The van der Waals surface area contributed by atoms with E-state index in [4.69, 9.17) is 5.11 Å². The van der Waals surface area contributed by atoms with Gasteiger partial charge in [-0.2, -0.15) is 5.10 Å². The average Bonchev–Trinajstić information content (AvgIpc) is 2.59. The summed E-state index contributed by atoms with van der Waals surface area (Å²) in [6, 6.07) is 0. The van der Waals surface area contributed by atoms with Crippen LogP contribution in [0.5, 0.6) is 0 Å². The fraction of sp³-hybridized carbons (Fsp3) is 0.800. The second kappa shape index (κ2) is 5.23. The number of hydrogen-bond acceptors (Lipinski definition) is 4. The summed E-state index contributed by atoms with van der Waals surface area (Å²) in [6.07, 6.45) is 2.52. The molecule has 0 saturated heterocycles. The van der Waals surface area contributed by atoms with Crippen LogP contribution in [0.2, 0.25) is 0 Å². The molecule has 0 atom stereocenters. The van der Waals surface area contributed by atoms with E-state index in [2.05, 4.69) is 15.4 Å². The fourth-order valence-corrected chi connectivity index (χ4v) is 1.18. The van der Waals surface area contributed by atoms with Crippen LogP contribution in [0.3, 0.4) is 0 Å². The molecule has 0 aromatic carbocycles. The molecule has 1 rings (SSSR count). The zero-order valence-electron chi connectivity index (χ0n) is 9.69. The summed E-state index contributed by atoms with van der Waals surface area (Å²) >= 11 is 0. The first kappa shape index (κ1) is 12.1. The summed E-state index contributed by atoms with van der Waals surface area (Å²) < 4.78 is 1.70. The lowest BCUT2D eigenvalue weighted by atomic mass is 9.95. The first-order valence-corrected chi connectivity index (χ1v) is 5.19. The Balaban J connectivity index is 2.17. The lowest BCUT2D eigenvalue weighted by molar-refractivity contribution is 0.157. The number of aromatic nitrogens is 3. The molecule has 0 spiro atoms. The van der Waals surface area contributed by atoms with Crippen LogP contribution in [0.25, 0.3) is 0 Å². The zero-order chi connectivity index (χ0) is 11.3. The standard InChI is InChI=1S/C10H20N4O/c1-10(2,7-15)6-11-5-4-9-12-8-14(3)13-9/h8,11,15H,4-7H2,1-3H3. The summed E-state index contributed by atoms with van der Waals surface area (Å²) in [5, 5.41) is 16.5. The second-order valence-electron chi connectivity index (χ2n) is 4.58. The van der Waals surface area contributed by atoms with Gasteiger partial charge in [0.05, 0.1) is 0 Å². The maximum atomic E-state index is 9.05. The van der Waals surface area contributed by atoms with Crippen molar-refractivity contribution in [2.24, 2.45) is 12.5 Å². The van der Waals surface area contributed by atoms with Gasteiger partial charge in [0, 0.05) is 38.6 Å². The van der Waals surface area contributed by atoms with Crippen LogP contribution < -0.4 is 5.32 Å². The second-order valence-corrected chi connectivity index (χ2v) is 4.58. The van der Waals surface area contributed by atoms with E-state index in [1.54, 1.807) is 11.0 Å². The van der Waals surface area contributed by atoms with E-state index in [-0.39, 0.29) is 12.0 Å². The van der Waals surface area contributed by atoms with Gasteiger partial charge in [-0.3, -0.25) is 4.68 Å². The Morgan fingerprint density at radius 2 is 2.27 bits per heavy atom. The number of aliphatic hydroxyl groups excluding tert-OH is 1. The van der Waals surface area contributed by atoms with Crippen LogP contribution >= 0.6 is 0 Å². The molecule has 2 N–H and O–H groups in total. The van der Waals surface area contributed by atoms with Crippen molar-refractivity contribution in [1.82, 2.24) is 20.1 Å². The van der Waals surface area contributed by atoms with Crippen LogP contribution in [0.4, 0.5) is 0 Å². The van der Waals surface area contributed by atoms with Crippen molar-refractivity contribution in [3.05, 3.63) is 12.2 Å². The number of aliphatic hydroxyl groups is 1. The zero-order valence-corrected chi connectivity index (χ0v) is 9.69. The summed E-state index contributed by atoms with van der Waals surface area (Å²) in [4.78, 5) is 4.13. The molecule has 5 nitrogen and oxygen atoms in total. The molecule has 0 aliphatic carbocycles. The average molecular weight is 212 g/mol. The van der Waals surface area contributed by atoms with Gasteiger partial charge in [-0.15, -0.1) is 0 Å². The minimum absolute atomic E-state index is 0.0580. The molecule has 0 radical (unpaired) electrons. The van der Waals surface area contributed by atoms with Crippen molar-refractivity contribution in [2.45, 2.75) is 20.3 Å². The van der Waals surface area contributed by atoms with E-state index in [9.17, 15) is 0 Å². The Hall–Kier alpha value is -0.940. The molecule has 0 fully saturated rings. The topological polar surface area (TPSA) is 63.0 Å². The number of rotatable bonds is 6. The number of hydrogen-bond donors (Lipinski definition) is 2. The highest BCUT2D eigenvalue weighted by Gasteiger charge is 2.15. The van der Waals surface area contributed by atoms with Crippen molar-refractivity contribution in [1.29, 1.82) is 0 Å². The third kappa shape index (κ3) is 4.40. The molecule has 0 aliphatic heterocycles. The minimum atomic E-state index is -0.0580. The van der Waals surface area contributed by atoms with Crippen LogP contribution in [-0.2, 0) is 13.5 Å². The molecule has 1 aromatic heterocycles. The van der Waals surface area contributed by atoms with Gasteiger partial charge in [-0.1, -0.05) is 13.8 Å². The largest absolute Gasteiger partial charge is 0.396 e. The highest BCUT2D eigenvalue weighted by molar-refractivity contribution is 4.82. The van der Waals surface area contributed by atoms with Gasteiger partial charge in [-0.25, -0.2) is 4.98 Å². The summed E-state index contributed by atoms with van der Waals surface area (Å²) in [7, 11) is 1.86. The highest BCUT2D eigenvalue weighted by atomic mass is 16.3. The van der Waals surface area contributed by atoms with Gasteiger partial charge in [0.15, 0.2) is 5.82 Å². The van der Waals surface area contributed by atoms with Gasteiger partial charge >= 0.3 is 0 Å². The first-order valence-electron chi connectivity index (χ1n) is 5.19. The van der Waals surface area contributed by atoms with Crippen molar-refractivity contribution >= 4 is 0 Å². The first-order chi connectivity index (χ1) is 7.03. The van der Waals surface area contributed by atoms with Gasteiger partial charge in [-0.05, 0) is 0 Å². The van der Waals surface area contributed by atoms with E-state index in [0.29, 0.717) is 0 Å². The SMILES string of the molecule is Cn1cnc(CCNCC(C)(C)CO)n1. The van der Waals surface area contributed by atoms with Crippen LogP contribution in [-0.4, -0.2) is 39.6 Å². The van der Waals surface area contributed by atoms with Crippen LogP contribution in [0, 0.1) is 5.41 Å². The highest BCUT2D eigenvalue weighted by Crippen LogP contribution is 2.10. The number of nitrogens with zero attached hydrogens (tertiary/aromatic N) is 3. The predicted octanol–water partition coefficient (Wildman–Crippen LogP) is -0.0343. The Morgan fingerprint density at radius 1 is 1.53 bits per heavy atom. The molecule has 5 heteroatoms. The van der Waals surface area contributed by atoms with Gasteiger partial charge in [0.25, 0.3) is 0 Å². The van der Waals surface area contributed by atoms with Crippen LogP contribution in [0.1, 0.15) is 19.7 Å². The maximum Gasteiger partial charge on any atom is 0.151 e. The monoisotopic (exact) mass is 212 g/mol. The molecular formula is C10H20N4O. The Labute approximate surface area is 90.5 Å². The van der Waals surface area contributed by atoms with Gasteiger partial charge in [0.1, 0.15) is 6.33 Å². The van der Waals surface area contributed by atoms with Crippen molar-refractivity contribution < 1.29 is 5.11 Å². The van der Waals surface area contributed by atoms with Crippen LogP contribution in [0.15, 0.2) is 6.33 Å². The third-order valence-corrected chi connectivity index (χ3v) is 2.20.